The second-order valence-electron chi connectivity index (χ2n) is 5.33. The lowest BCUT2D eigenvalue weighted by molar-refractivity contribution is 0.213. The summed E-state index contributed by atoms with van der Waals surface area (Å²) >= 11 is 0. The average Bonchev–Trinajstić information content (AvgIpc) is 2.88. The molecule has 4 N–H and O–H groups in total. The minimum Gasteiger partial charge on any atom is -0.409 e. The van der Waals surface area contributed by atoms with Crippen LogP contribution < -0.4 is 10.5 Å². The quantitative estimate of drug-likeness (QED) is 0.280. The van der Waals surface area contributed by atoms with Gasteiger partial charge in [-0.25, -0.2) is 8.42 Å². The van der Waals surface area contributed by atoms with E-state index in [0.29, 0.717) is 25.9 Å². The van der Waals surface area contributed by atoms with E-state index in [9.17, 15) is 8.42 Å². The number of piperidine rings is 1. The third-order valence-corrected chi connectivity index (χ3v) is 5.25. The lowest BCUT2D eigenvalue weighted by Gasteiger charge is -2.39. The first-order valence-electron chi connectivity index (χ1n) is 6.48. The maximum atomic E-state index is 12.5. The predicted molar refractivity (Wildman–Crippen MR) is 76.4 cm³/mol. The second kappa shape index (κ2) is 5.62. The van der Waals surface area contributed by atoms with E-state index in [1.54, 1.807) is 7.05 Å². The number of nitrogens with zero attached hydrogens (tertiary/aromatic N) is 4. The van der Waals surface area contributed by atoms with Gasteiger partial charge in [-0.05, 0) is 19.9 Å². The molecular weight excluding hydrogens is 296 g/mol. The Hall–Kier alpha value is -1.65. The SMILES string of the molecule is CN1CCC(NS(=O)(=O)c2cnn(C)c2)(C(N)=NO)CC1. The molecule has 0 amide bonds. The van der Waals surface area contributed by atoms with Gasteiger partial charge in [0, 0.05) is 26.3 Å². The molecule has 118 valence electrons. The fourth-order valence-corrected chi connectivity index (χ4v) is 3.78. The van der Waals surface area contributed by atoms with Crippen LogP contribution in [-0.4, -0.2) is 59.8 Å². The summed E-state index contributed by atoms with van der Waals surface area (Å²) in [4.78, 5) is 2.11. The molecule has 10 heteroatoms. The van der Waals surface area contributed by atoms with E-state index < -0.39 is 15.6 Å². The lowest BCUT2D eigenvalue weighted by Crippen LogP contribution is -2.61. The molecule has 0 aromatic carbocycles. The first-order valence-corrected chi connectivity index (χ1v) is 7.96. The van der Waals surface area contributed by atoms with E-state index in [1.807, 2.05) is 7.05 Å². The summed E-state index contributed by atoms with van der Waals surface area (Å²) < 4.78 is 28.9. The van der Waals surface area contributed by atoms with Gasteiger partial charge in [0.2, 0.25) is 10.0 Å². The fraction of sp³-hybridized carbons (Fsp3) is 0.636. The minimum atomic E-state index is -3.79. The van der Waals surface area contributed by atoms with Crippen LogP contribution >= 0.6 is 0 Å². The van der Waals surface area contributed by atoms with Crippen molar-refractivity contribution in [2.24, 2.45) is 17.9 Å². The van der Waals surface area contributed by atoms with E-state index in [1.165, 1.54) is 17.1 Å². The van der Waals surface area contributed by atoms with Crippen LogP contribution in [-0.2, 0) is 17.1 Å². The molecule has 0 saturated carbocycles. The van der Waals surface area contributed by atoms with Crippen LogP contribution in [0.5, 0.6) is 0 Å². The van der Waals surface area contributed by atoms with Gasteiger partial charge in [0.25, 0.3) is 0 Å². The first-order chi connectivity index (χ1) is 9.79. The Morgan fingerprint density at radius 2 is 2.10 bits per heavy atom. The molecule has 2 rings (SSSR count). The highest BCUT2D eigenvalue weighted by Gasteiger charge is 2.42. The van der Waals surface area contributed by atoms with E-state index in [4.69, 9.17) is 10.9 Å². The highest BCUT2D eigenvalue weighted by molar-refractivity contribution is 7.89. The van der Waals surface area contributed by atoms with Crippen molar-refractivity contribution in [3.05, 3.63) is 12.4 Å². The molecule has 21 heavy (non-hydrogen) atoms. The number of aryl methyl sites for hydroxylation is 1. The third-order valence-electron chi connectivity index (χ3n) is 3.76. The molecule has 1 aromatic heterocycles. The van der Waals surface area contributed by atoms with Crippen molar-refractivity contribution in [2.75, 3.05) is 20.1 Å². The van der Waals surface area contributed by atoms with E-state index in [-0.39, 0.29) is 10.7 Å². The fourth-order valence-electron chi connectivity index (χ4n) is 2.36. The van der Waals surface area contributed by atoms with Crippen molar-refractivity contribution in [1.29, 1.82) is 0 Å². The van der Waals surface area contributed by atoms with E-state index >= 15 is 0 Å². The largest absolute Gasteiger partial charge is 0.409 e. The summed E-state index contributed by atoms with van der Waals surface area (Å²) in [5, 5.41) is 15.9. The summed E-state index contributed by atoms with van der Waals surface area (Å²) in [6.07, 6.45) is 3.52. The van der Waals surface area contributed by atoms with Crippen molar-refractivity contribution in [3.8, 4) is 0 Å². The second-order valence-corrected chi connectivity index (χ2v) is 7.01. The number of amidine groups is 1. The Labute approximate surface area is 123 Å². The molecule has 0 radical (unpaired) electrons. The maximum Gasteiger partial charge on any atom is 0.244 e. The molecular formula is C11H20N6O3S. The van der Waals surface area contributed by atoms with Gasteiger partial charge in [0.1, 0.15) is 4.90 Å². The van der Waals surface area contributed by atoms with E-state index in [2.05, 4.69) is 19.9 Å². The zero-order chi connectivity index (χ0) is 15.7. The Bertz CT molecular complexity index is 630. The Morgan fingerprint density at radius 1 is 1.48 bits per heavy atom. The van der Waals surface area contributed by atoms with Crippen LogP contribution in [0.1, 0.15) is 12.8 Å². The first kappa shape index (κ1) is 15.7. The number of hydrogen-bond donors (Lipinski definition) is 3. The summed E-state index contributed by atoms with van der Waals surface area (Å²) in [5.74, 6) is -0.122. The zero-order valence-corrected chi connectivity index (χ0v) is 12.8. The molecule has 1 aromatic rings. The molecule has 1 saturated heterocycles. The molecule has 0 bridgehead atoms. The zero-order valence-electron chi connectivity index (χ0n) is 12.0. The topological polar surface area (TPSA) is 126 Å². The van der Waals surface area contributed by atoms with Gasteiger partial charge in [0.15, 0.2) is 5.84 Å². The lowest BCUT2D eigenvalue weighted by atomic mass is 9.88. The maximum absolute atomic E-state index is 12.5. The number of oxime groups is 1. The van der Waals surface area contributed by atoms with Crippen LogP contribution in [0.2, 0.25) is 0 Å². The van der Waals surface area contributed by atoms with Crippen molar-refractivity contribution < 1.29 is 13.6 Å². The van der Waals surface area contributed by atoms with Crippen molar-refractivity contribution in [1.82, 2.24) is 19.4 Å². The molecule has 0 unspecified atom stereocenters. The van der Waals surface area contributed by atoms with Gasteiger partial charge >= 0.3 is 0 Å². The third kappa shape index (κ3) is 3.17. The molecule has 0 atom stereocenters. The van der Waals surface area contributed by atoms with Crippen LogP contribution in [0, 0.1) is 0 Å². The van der Waals surface area contributed by atoms with Gasteiger partial charge in [-0.15, -0.1) is 0 Å². The number of sulfonamides is 1. The molecule has 1 aliphatic heterocycles. The highest BCUT2D eigenvalue weighted by Crippen LogP contribution is 2.24. The number of aromatic nitrogens is 2. The monoisotopic (exact) mass is 316 g/mol. The number of hydrogen-bond acceptors (Lipinski definition) is 6. The summed E-state index contributed by atoms with van der Waals surface area (Å²) in [7, 11) is -0.225. The number of rotatable bonds is 4. The number of nitrogens with two attached hydrogens (primary N) is 1. The minimum absolute atomic E-state index is 0.0500. The van der Waals surface area contributed by atoms with Gasteiger partial charge in [-0.2, -0.15) is 9.82 Å². The van der Waals surface area contributed by atoms with Gasteiger partial charge in [-0.3, -0.25) is 4.68 Å². The van der Waals surface area contributed by atoms with Gasteiger partial charge in [-0.1, -0.05) is 5.16 Å². The standard InChI is InChI=1S/C11H20N6O3S/c1-16-5-3-11(4-6-16,10(12)14-18)15-21(19,20)9-7-13-17(2)8-9/h7-8,15,18H,3-6H2,1-2H3,(H2,12,14). The van der Waals surface area contributed by atoms with Gasteiger partial charge < -0.3 is 15.8 Å². The van der Waals surface area contributed by atoms with E-state index in [0.717, 1.165) is 0 Å². The molecule has 9 nitrogen and oxygen atoms in total. The van der Waals surface area contributed by atoms with Crippen molar-refractivity contribution in [3.63, 3.8) is 0 Å². The van der Waals surface area contributed by atoms with Crippen molar-refractivity contribution >= 4 is 15.9 Å². The van der Waals surface area contributed by atoms with Crippen LogP contribution in [0.15, 0.2) is 22.4 Å². The summed E-state index contributed by atoms with van der Waals surface area (Å²) in [5.41, 5.74) is 4.68. The predicted octanol–water partition coefficient (Wildman–Crippen LogP) is -1.09. The molecule has 0 aliphatic carbocycles. The van der Waals surface area contributed by atoms with Crippen molar-refractivity contribution in [2.45, 2.75) is 23.3 Å². The van der Waals surface area contributed by atoms with Crippen LogP contribution in [0.25, 0.3) is 0 Å². The number of nitrogens with one attached hydrogen (secondary N) is 1. The van der Waals surface area contributed by atoms with Gasteiger partial charge in [0.05, 0.1) is 11.7 Å². The normalized spacial score (nSPS) is 20.6. The van der Waals surface area contributed by atoms with Crippen LogP contribution in [0.3, 0.4) is 0 Å². The molecule has 1 aliphatic rings. The molecule has 1 fully saturated rings. The summed E-state index contributed by atoms with van der Waals surface area (Å²) in [6, 6.07) is 0. The molecule has 2 heterocycles. The van der Waals surface area contributed by atoms with Crippen LogP contribution in [0.4, 0.5) is 0 Å². The Morgan fingerprint density at radius 3 is 2.57 bits per heavy atom. The Balaban J connectivity index is 2.31. The molecule has 0 spiro atoms. The summed E-state index contributed by atoms with van der Waals surface area (Å²) in [6.45, 7) is 1.29. The average molecular weight is 316 g/mol. The number of likely N-dealkylation sites (tertiary alicyclic amines) is 1. The Kier molecular flexibility index (Phi) is 4.21. The smallest absolute Gasteiger partial charge is 0.244 e. The highest BCUT2D eigenvalue weighted by atomic mass is 32.2.